The molecule has 0 saturated carbocycles. The van der Waals surface area contributed by atoms with Crippen LogP contribution in [0, 0.1) is 5.92 Å². The van der Waals surface area contributed by atoms with Crippen LogP contribution in [-0.4, -0.2) is 52.6 Å². The minimum absolute atomic E-state index is 0. The van der Waals surface area contributed by atoms with Crippen LogP contribution in [0.3, 0.4) is 0 Å². The average Bonchev–Trinajstić information content (AvgIpc) is 2.84. The molecule has 0 aliphatic carbocycles. The maximum absolute atomic E-state index is 12.7. The summed E-state index contributed by atoms with van der Waals surface area (Å²) in [6.45, 7) is 7.15. The first-order chi connectivity index (χ1) is 16.5. The van der Waals surface area contributed by atoms with E-state index in [1.54, 1.807) is 6.20 Å². The van der Waals surface area contributed by atoms with Gasteiger partial charge < -0.3 is 25.3 Å². The van der Waals surface area contributed by atoms with Gasteiger partial charge in [0.2, 0.25) is 5.95 Å². The molecule has 1 aliphatic rings. The van der Waals surface area contributed by atoms with Gasteiger partial charge in [-0.3, -0.25) is 4.79 Å². The summed E-state index contributed by atoms with van der Waals surface area (Å²) in [5.41, 5.74) is 1.15. The quantitative estimate of drug-likeness (QED) is 0.312. The summed E-state index contributed by atoms with van der Waals surface area (Å²) in [6.07, 6.45) is 5.88. The molecule has 3 heterocycles. The number of hydrogen-bond donors (Lipinski definition) is 3. The lowest BCUT2D eigenvalue weighted by Crippen LogP contribution is -2.37. The number of fused-ring (bicyclic) bond motifs is 1. The average molecular weight is 566 g/mol. The van der Waals surface area contributed by atoms with E-state index in [0.717, 1.165) is 50.2 Å². The Morgan fingerprint density at radius 1 is 1.17 bits per heavy atom. The maximum Gasteiger partial charge on any atom is 0.261 e. The number of anilines is 3. The molecule has 35 heavy (non-hydrogen) atoms. The summed E-state index contributed by atoms with van der Waals surface area (Å²) in [7, 11) is 2.14. The Morgan fingerprint density at radius 3 is 2.51 bits per heavy atom. The molecule has 0 amide bonds. The van der Waals surface area contributed by atoms with Gasteiger partial charge in [0.25, 0.3) is 5.56 Å². The number of aromatic nitrogens is 3. The molecule has 1 aromatic carbocycles. The molecule has 190 valence electrons. The first kappa shape index (κ1) is 27.2. The van der Waals surface area contributed by atoms with Crippen LogP contribution in [0.4, 0.5) is 17.5 Å². The first-order valence-corrected chi connectivity index (χ1v) is 12.8. The van der Waals surface area contributed by atoms with Crippen LogP contribution in [-0.2, 0) is 0 Å². The number of benzene rings is 1. The van der Waals surface area contributed by atoms with Gasteiger partial charge in [0.15, 0.2) is 0 Å². The highest BCUT2D eigenvalue weighted by molar-refractivity contribution is 9.10. The van der Waals surface area contributed by atoms with Crippen molar-refractivity contribution in [3.63, 3.8) is 0 Å². The van der Waals surface area contributed by atoms with E-state index in [-0.39, 0.29) is 18.0 Å². The second-order valence-electron chi connectivity index (χ2n) is 8.95. The van der Waals surface area contributed by atoms with E-state index in [4.69, 9.17) is 9.72 Å². The van der Waals surface area contributed by atoms with Gasteiger partial charge in [-0.25, -0.2) is 4.98 Å². The van der Waals surface area contributed by atoms with E-state index in [0.29, 0.717) is 45.7 Å². The van der Waals surface area contributed by atoms with Crippen LogP contribution in [0.5, 0.6) is 5.75 Å². The smallest absolute Gasteiger partial charge is 0.261 e. The fourth-order valence-corrected chi connectivity index (χ4v) is 4.52. The van der Waals surface area contributed by atoms with Gasteiger partial charge in [0.05, 0.1) is 16.6 Å². The minimum Gasteiger partial charge on any atom is -0.493 e. The van der Waals surface area contributed by atoms with E-state index in [1.807, 2.05) is 24.3 Å². The number of aromatic amines is 1. The Balaban J connectivity index is 0.00000342. The molecule has 0 unspecified atom stereocenters. The number of pyridine rings is 1. The van der Waals surface area contributed by atoms with Crippen LogP contribution in [0.1, 0.15) is 39.5 Å². The molecular formula is C25H34BrClN6O2. The molecule has 0 bridgehead atoms. The third-order valence-electron chi connectivity index (χ3n) is 6.50. The molecule has 3 N–H and O–H groups in total. The van der Waals surface area contributed by atoms with E-state index in [9.17, 15) is 4.79 Å². The Hall–Kier alpha value is -2.36. The molecule has 3 aromatic rings. The SMILES string of the molecule is CCC(CC)COc1ccc(Nc2nc(NC3CCN(C)CC3)nc3c(Br)c[nH]c(=O)c23)cc1.Cl. The predicted octanol–water partition coefficient (Wildman–Crippen LogP) is 5.57. The number of hydrogen-bond acceptors (Lipinski definition) is 7. The summed E-state index contributed by atoms with van der Waals surface area (Å²) >= 11 is 3.53. The lowest BCUT2D eigenvalue weighted by Gasteiger charge is -2.29. The largest absolute Gasteiger partial charge is 0.493 e. The van der Waals surface area contributed by atoms with Crippen molar-refractivity contribution in [1.82, 2.24) is 19.9 Å². The van der Waals surface area contributed by atoms with Crippen molar-refractivity contribution >= 4 is 56.7 Å². The van der Waals surface area contributed by atoms with Crippen molar-refractivity contribution in [2.24, 2.45) is 5.92 Å². The van der Waals surface area contributed by atoms with Gasteiger partial charge in [0, 0.05) is 17.9 Å². The number of piperidine rings is 1. The Morgan fingerprint density at radius 2 is 1.86 bits per heavy atom. The lowest BCUT2D eigenvalue weighted by molar-refractivity contribution is 0.240. The second kappa shape index (κ2) is 12.6. The fraction of sp³-hybridized carbons (Fsp3) is 0.480. The van der Waals surface area contributed by atoms with Gasteiger partial charge in [-0.2, -0.15) is 4.98 Å². The Bertz CT molecular complexity index is 1160. The summed E-state index contributed by atoms with van der Waals surface area (Å²) in [5, 5.41) is 7.20. The number of nitrogens with one attached hydrogen (secondary N) is 3. The molecule has 0 atom stereocenters. The van der Waals surface area contributed by atoms with Crippen molar-refractivity contribution in [3.8, 4) is 5.75 Å². The molecule has 4 rings (SSSR count). The molecule has 0 radical (unpaired) electrons. The molecule has 1 aliphatic heterocycles. The zero-order valence-corrected chi connectivity index (χ0v) is 22.8. The molecule has 0 spiro atoms. The van der Waals surface area contributed by atoms with Gasteiger partial charge >= 0.3 is 0 Å². The third kappa shape index (κ3) is 6.86. The van der Waals surface area contributed by atoms with E-state index in [2.05, 4.69) is 62.3 Å². The summed E-state index contributed by atoms with van der Waals surface area (Å²) in [6, 6.07) is 8.05. The molecule has 8 nitrogen and oxygen atoms in total. The Labute approximate surface area is 220 Å². The van der Waals surface area contributed by atoms with Crippen molar-refractivity contribution in [3.05, 3.63) is 45.3 Å². The number of nitrogens with zero attached hydrogens (tertiary/aromatic N) is 3. The molecule has 2 aromatic heterocycles. The van der Waals surface area contributed by atoms with Gasteiger partial charge in [-0.15, -0.1) is 12.4 Å². The van der Waals surface area contributed by atoms with Crippen LogP contribution in [0.25, 0.3) is 10.9 Å². The molecule has 1 saturated heterocycles. The number of halogens is 2. The van der Waals surface area contributed by atoms with E-state index in [1.165, 1.54) is 0 Å². The maximum atomic E-state index is 12.7. The summed E-state index contributed by atoms with van der Waals surface area (Å²) in [4.78, 5) is 27.1. The third-order valence-corrected chi connectivity index (χ3v) is 7.11. The zero-order chi connectivity index (χ0) is 24.1. The highest BCUT2D eigenvalue weighted by Crippen LogP contribution is 2.28. The van der Waals surface area contributed by atoms with Gasteiger partial charge in [-0.05, 0) is 79.1 Å². The van der Waals surface area contributed by atoms with E-state index < -0.39 is 0 Å². The van der Waals surface area contributed by atoms with Crippen LogP contribution < -0.4 is 20.9 Å². The Kier molecular flexibility index (Phi) is 9.77. The van der Waals surface area contributed by atoms with Crippen molar-refractivity contribution in [1.29, 1.82) is 0 Å². The first-order valence-electron chi connectivity index (χ1n) is 12.0. The second-order valence-corrected chi connectivity index (χ2v) is 9.80. The van der Waals surface area contributed by atoms with Crippen LogP contribution in [0.2, 0.25) is 0 Å². The molecule has 10 heteroatoms. The lowest BCUT2D eigenvalue weighted by atomic mass is 10.1. The summed E-state index contributed by atoms with van der Waals surface area (Å²) in [5.74, 6) is 2.37. The normalized spacial score (nSPS) is 14.7. The van der Waals surface area contributed by atoms with Crippen LogP contribution >= 0.6 is 28.3 Å². The monoisotopic (exact) mass is 564 g/mol. The summed E-state index contributed by atoms with van der Waals surface area (Å²) < 4.78 is 6.66. The van der Waals surface area contributed by atoms with Gasteiger partial charge in [0.1, 0.15) is 17.0 Å². The van der Waals surface area contributed by atoms with Gasteiger partial charge in [-0.1, -0.05) is 26.7 Å². The number of ether oxygens (including phenoxy) is 1. The molecular weight excluding hydrogens is 532 g/mol. The van der Waals surface area contributed by atoms with Crippen molar-refractivity contribution < 1.29 is 4.74 Å². The highest BCUT2D eigenvalue weighted by Gasteiger charge is 2.20. The molecule has 1 fully saturated rings. The minimum atomic E-state index is -0.239. The van der Waals surface area contributed by atoms with Crippen molar-refractivity contribution in [2.45, 2.75) is 45.6 Å². The number of rotatable bonds is 9. The number of likely N-dealkylation sites (tertiary alicyclic amines) is 1. The number of H-pyrrole nitrogens is 1. The topological polar surface area (TPSA) is 95.2 Å². The predicted molar refractivity (Wildman–Crippen MR) is 149 cm³/mol. The highest BCUT2D eigenvalue weighted by atomic mass is 79.9. The standard InChI is InChI=1S/C25H33BrN6O2.ClH/c1-4-16(5-2)15-34-19-8-6-17(7-9-19)28-23-21-22(20(26)14-27-24(21)33)30-25(31-23)29-18-10-12-32(3)13-11-18;/h6-9,14,16,18H,4-5,10-13,15H2,1-3H3,(H,27,33)(H2,28,29,30,31);1H. The van der Waals surface area contributed by atoms with E-state index >= 15 is 0 Å². The fourth-order valence-electron chi connectivity index (χ4n) is 4.12. The van der Waals surface area contributed by atoms with Crippen LogP contribution in [0.15, 0.2) is 39.7 Å². The zero-order valence-electron chi connectivity index (χ0n) is 20.4. The van der Waals surface area contributed by atoms with Crippen molar-refractivity contribution in [2.75, 3.05) is 37.4 Å².